The summed E-state index contributed by atoms with van der Waals surface area (Å²) in [5.41, 5.74) is 4.38. The van der Waals surface area contributed by atoms with Gasteiger partial charge in [0.05, 0.1) is 5.69 Å². The third-order valence-electron chi connectivity index (χ3n) is 3.78. The summed E-state index contributed by atoms with van der Waals surface area (Å²) in [6.07, 6.45) is 1.62. The second-order valence-corrected chi connectivity index (χ2v) is 5.34. The molecule has 0 radical (unpaired) electrons. The van der Waals surface area contributed by atoms with E-state index in [0.717, 1.165) is 22.6 Å². The van der Waals surface area contributed by atoms with Crippen LogP contribution in [-0.2, 0) is 0 Å². The van der Waals surface area contributed by atoms with E-state index in [0.29, 0.717) is 0 Å². The van der Waals surface area contributed by atoms with Crippen LogP contribution >= 0.6 is 0 Å². The summed E-state index contributed by atoms with van der Waals surface area (Å²) in [6.45, 7) is 4.20. The van der Waals surface area contributed by atoms with Gasteiger partial charge in [-0.1, -0.05) is 60.7 Å². The zero-order valence-electron chi connectivity index (χ0n) is 12.8. The standard InChI is InChI=1S/C19H19N3/c1-14-18(17-11-7-4-8-12-17)20-13-21-19(14)22-15(2)16-9-5-3-6-10-16/h3-13,15H,1-2H3,(H,20,21,22)/t15-/m0/s1. The number of aromatic nitrogens is 2. The van der Waals surface area contributed by atoms with Crippen molar-refractivity contribution in [2.24, 2.45) is 0 Å². The van der Waals surface area contributed by atoms with Crippen molar-refractivity contribution in [3.8, 4) is 11.3 Å². The Labute approximate surface area is 131 Å². The van der Waals surface area contributed by atoms with Crippen LogP contribution in [0.15, 0.2) is 67.0 Å². The highest BCUT2D eigenvalue weighted by molar-refractivity contribution is 5.67. The molecule has 22 heavy (non-hydrogen) atoms. The Bertz CT molecular complexity index is 739. The summed E-state index contributed by atoms with van der Waals surface area (Å²) in [5, 5.41) is 3.49. The molecule has 0 bridgehead atoms. The van der Waals surface area contributed by atoms with E-state index in [2.05, 4.69) is 65.5 Å². The molecule has 0 unspecified atom stereocenters. The lowest BCUT2D eigenvalue weighted by molar-refractivity contribution is 0.868. The maximum absolute atomic E-state index is 4.44. The van der Waals surface area contributed by atoms with E-state index >= 15 is 0 Å². The summed E-state index contributed by atoms with van der Waals surface area (Å²) in [7, 11) is 0. The van der Waals surface area contributed by atoms with Crippen molar-refractivity contribution >= 4 is 5.82 Å². The van der Waals surface area contributed by atoms with Crippen LogP contribution in [0.2, 0.25) is 0 Å². The molecule has 0 fully saturated rings. The lowest BCUT2D eigenvalue weighted by atomic mass is 10.1. The number of nitrogens with zero attached hydrogens (tertiary/aromatic N) is 2. The van der Waals surface area contributed by atoms with Crippen LogP contribution in [0.5, 0.6) is 0 Å². The molecule has 0 amide bonds. The molecule has 2 aromatic carbocycles. The van der Waals surface area contributed by atoms with Crippen molar-refractivity contribution < 1.29 is 0 Å². The quantitative estimate of drug-likeness (QED) is 0.761. The van der Waals surface area contributed by atoms with Crippen molar-refractivity contribution in [2.45, 2.75) is 19.9 Å². The van der Waals surface area contributed by atoms with Gasteiger partial charge in [-0.25, -0.2) is 9.97 Å². The Morgan fingerprint density at radius 3 is 2.18 bits per heavy atom. The van der Waals surface area contributed by atoms with Gasteiger partial charge in [-0.2, -0.15) is 0 Å². The molecule has 1 atom stereocenters. The first-order chi connectivity index (χ1) is 10.8. The molecule has 0 aliphatic rings. The first-order valence-corrected chi connectivity index (χ1v) is 7.44. The fourth-order valence-corrected chi connectivity index (χ4v) is 2.51. The van der Waals surface area contributed by atoms with Crippen LogP contribution in [0.4, 0.5) is 5.82 Å². The van der Waals surface area contributed by atoms with E-state index in [1.165, 1.54) is 5.56 Å². The lowest BCUT2D eigenvalue weighted by Gasteiger charge is -2.17. The number of nitrogens with one attached hydrogen (secondary N) is 1. The number of anilines is 1. The number of hydrogen-bond donors (Lipinski definition) is 1. The summed E-state index contributed by atoms with van der Waals surface area (Å²) in [4.78, 5) is 8.85. The van der Waals surface area contributed by atoms with E-state index < -0.39 is 0 Å². The molecule has 1 N–H and O–H groups in total. The van der Waals surface area contributed by atoms with Gasteiger partial charge in [0.2, 0.25) is 0 Å². The second-order valence-electron chi connectivity index (χ2n) is 5.34. The average Bonchev–Trinajstić information content (AvgIpc) is 2.58. The van der Waals surface area contributed by atoms with Crippen LogP contribution in [0.1, 0.15) is 24.1 Å². The van der Waals surface area contributed by atoms with Gasteiger partial charge in [-0.3, -0.25) is 0 Å². The van der Waals surface area contributed by atoms with Crippen molar-refractivity contribution in [1.82, 2.24) is 9.97 Å². The van der Waals surface area contributed by atoms with Gasteiger partial charge in [-0.05, 0) is 19.4 Å². The molecular formula is C19H19N3. The van der Waals surface area contributed by atoms with Crippen LogP contribution in [0.25, 0.3) is 11.3 Å². The molecule has 0 aliphatic carbocycles. The summed E-state index contributed by atoms with van der Waals surface area (Å²) in [5.74, 6) is 0.880. The zero-order chi connectivity index (χ0) is 15.4. The minimum Gasteiger partial charge on any atom is -0.363 e. The zero-order valence-corrected chi connectivity index (χ0v) is 12.8. The number of rotatable bonds is 4. The van der Waals surface area contributed by atoms with Gasteiger partial charge in [-0.15, -0.1) is 0 Å². The van der Waals surface area contributed by atoms with Crippen molar-refractivity contribution in [1.29, 1.82) is 0 Å². The van der Waals surface area contributed by atoms with Crippen LogP contribution in [0.3, 0.4) is 0 Å². The van der Waals surface area contributed by atoms with E-state index in [1.54, 1.807) is 6.33 Å². The molecule has 1 heterocycles. The predicted octanol–water partition coefficient (Wildman–Crippen LogP) is 4.63. The molecule has 110 valence electrons. The Kier molecular flexibility index (Phi) is 4.15. The predicted molar refractivity (Wildman–Crippen MR) is 90.7 cm³/mol. The molecule has 0 aliphatic heterocycles. The third kappa shape index (κ3) is 2.98. The minimum absolute atomic E-state index is 0.193. The highest BCUT2D eigenvalue weighted by atomic mass is 15.0. The van der Waals surface area contributed by atoms with E-state index in [9.17, 15) is 0 Å². The summed E-state index contributed by atoms with van der Waals surface area (Å²) in [6, 6.07) is 20.8. The maximum atomic E-state index is 4.44. The maximum Gasteiger partial charge on any atom is 0.133 e. The van der Waals surface area contributed by atoms with E-state index in [1.807, 2.05) is 24.3 Å². The van der Waals surface area contributed by atoms with Gasteiger partial charge in [0, 0.05) is 17.2 Å². The van der Waals surface area contributed by atoms with Crippen molar-refractivity contribution in [3.05, 3.63) is 78.1 Å². The molecular weight excluding hydrogens is 270 g/mol. The SMILES string of the molecule is Cc1c(N[C@@H](C)c2ccccc2)ncnc1-c1ccccc1. The van der Waals surface area contributed by atoms with E-state index in [4.69, 9.17) is 0 Å². The molecule has 3 heteroatoms. The largest absolute Gasteiger partial charge is 0.363 e. The van der Waals surface area contributed by atoms with E-state index in [-0.39, 0.29) is 6.04 Å². The Morgan fingerprint density at radius 1 is 0.864 bits per heavy atom. The minimum atomic E-state index is 0.193. The molecule has 3 nitrogen and oxygen atoms in total. The van der Waals surface area contributed by atoms with Gasteiger partial charge in [0.15, 0.2) is 0 Å². The van der Waals surface area contributed by atoms with Gasteiger partial charge in [0.1, 0.15) is 12.1 Å². The fourth-order valence-electron chi connectivity index (χ4n) is 2.51. The van der Waals surface area contributed by atoms with Crippen LogP contribution < -0.4 is 5.32 Å². The second kappa shape index (κ2) is 6.39. The van der Waals surface area contributed by atoms with Crippen LogP contribution in [-0.4, -0.2) is 9.97 Å². The molecule has 1 aromatic heterocycles. The van der Waals surface area contributed by atoms with Crippen LogP contribution in [0, 0.1) is 6.92 Å². The molecule has 0 saturated heterocycles. The summed E-state index contributed by atoms with van der Waals surface area (Å²) >= 11 is 0. The normalized spacial score (nSPS) is 11.9. The number of benzene rings is 2. The average molecular weight is 289 g/mol. The Morgan fingerprint density at radius 2 is 1.50 bits per heavy atom. The topological polar surface area (TPSA) is 37.8 Å². The third-order valence-corrected chi connectivity index (χ3v) is 3.78. The first-order valence-electron chi connectivity index (χ1n) is 7.44. The highest BCUT2D eigenvalue weighted by Gasteiger charge is 2.11. The fraction of sp³-hybridized carbons (Fsp3) is 0.158. The monoisotopic (exact) mass is 289 g/mol. The molecule has 3 aromatic rings. The molecule has 3 rings (SSSR count). The highest BCUT2D eigenvalue weighted by Crippen LogP contribution is 2.26. The Balaban J connectivity index is 1.89. The lowest BCUT2D eigenvalue weighted by Crippen LogP contribution is -2.10. The smallest absolute Gasteiger partial charge is 0.133 e. The van der Waals surface area contributed by atoms with Gasteiger partial charge >= 0.3 is 0 Å². The molecule has 0 saturated carbocycles. The Hall–Kier alpha value is -2.68. The van der Waals surface area contributed by atoms with Gasteiger partial charge in [0.25, 0.3) is 0 Å². The van der Waals surface area contributed by atoms with Crippen molar-refractivity contribution in [2.75, 3.05) is 5.32 Å². The van der Waals surface area contributed by atoms with Gasteiger partial charge < -0.3 is 5.32 Å². The molecule has 0 spiro atoms. The first kappa shape index (κ1) is 14.3. The van der Waals surface area contributed by atoms with Crippen molar-refractivity contribution in [3.63, 3.8) is 0 Å². The number of hydrogen-bond acceptors (Lipinski definition) is 3. The summed E-state index contributed by atoms with van der Waals surface area (Å²) < 4.78 is 0.